The second-order valence-electron chi connectivity index (χ2n) is 4.48. The van der Waals surface area contributed by atoms with Crippen LogP contribution >= 0.6 is 0 Å². The van der Waals surface area contributed by atoms with Crippen molar-refractivity contribution in [1.82, 2.24) is 4.90 Å². The van der Waals surface area contributed by atoms with Gasteiger partial charge in [-0.3, -0.25) is 0 Å². The molecule has 0 spiro atoms. The Hall–Kier alpha value is -1.26. The summed E-state index contributed by atoms with van der Waals surface area (Å²) in [5.74, 6) is 3.47. The van der Waals surface area contributed by atoms with Gasteiger partial charge in [-0.2, -0.15) is 0 Å². The van der Waals surface area contributed by atoms with Crippen molar-refractivity contribution in [3.63, 3.8) is 0 Å². The first-order chi connectivity index (χ1) is 7.90. The summed E-state index contributed by atoms with van der Waals surface area (Å²) in [6.07, 6.45) is 8.72. The summed E-state index contributed by atoms with van der Waals surface area (Å²) >= 11 is 0. The summed E-state index contributed by atoms with van der Waals surface area (Å²) in [5.41, 5.74) is 1.50. The average Bonchev–Trinajstić information content (AvgIpc) is 2.38. The summed E-state index contributed by atoms with van der Waals surface area (Å²) < 4.78 is 0. The minimum Gasteiger partial charge on any atom is -0.302 e. The molecule has 1 aromatic carbocycles. The molecule has 0 aliphatic carbocycles. The highest BCUT2D eigenvalue weighted by molar-refractivity contribution is 5.19. The van der Waals surface area contributed by atoms with E-state index in [1.165, 1.54) is 31.5 Å². The molecule has 1 aliphatic heterocycles. The van der Waals surface area contributed by atoms with Gasteiger partial charge in [0.2, 0.25) is 0 Å². The normalized spacial score (nSPS) is 18.2. The van der Waals surface area contributed by atoms with Gasteiger partial charge in [0.1, 0.15) is 0 Å². The van der Waals surface area contributed by atoms with E-state index in [1.807, 2.05) is 0 Å². The molecule has 2 rings (SSSR count). The van der Waals surface area contributed by atoms with Crippen molar-refractivity contribution in [3.8, 4) is 12.3 Å². The summed E-state index contributed by atoms with van der Waals surface area (Å²) in [5, 5.41) is 0. The number of nitrogens with zero attached hydrogens (tertiary/aromatic N) is 1. The van der Waals surface area contributed by atoms with E-state index in [4.69, 9.17) is 6.42 Å². The number of benzene rings is 1. The van der Waals surface area contributed by atoms with Gasteiger partial charge in [0.25, 0.3) is 0 Å². The molecular formula is C15H19N. The number of rotatable bonds is 3. The first kappa shape index (κ1) is 11.2. The van der Waals surface area contributed by atoms with Gasteiger partial charge in [-0.15, -0.1) is 12.3 Å². The smallest absolute Gasteiger partial charge is 0.0214 e. The fourth-order valence-corrected chi connectivity index (χ4v) is 2.44. The highest BCUT2D eigenvalue weighted by atomic mass is 15.1. The zero-order chi connectivity index (χ0) is 11.2. The summed E-state index contributed by atoms with van der Waals surface area (Å²) in [4.78, 5) is 2.49. The minimum atomic E-state index is 0.753. The van der Waals surface area contributed by atoms with Crippen LogP contribution in [0.15, 0.2) is 30.3 Å². The fraction of sp³-hybridized carbons (Fsp3) is 0.467. The van der Waals surface area contributed by atoms with Crippen molar-refractivity contribution in [2.45, 2.75) is 25.2 Å². The largest absolute Gasteiger partial charge is 0.302 e. The van der Waals surface area contributed by atoms with Crippen molar-refractivity contribution in [1.29, 1.82) is 0 Å². The van der Waals surface area contributed by atoms with Crippen molar-refractivity contribution in [2.75, 3.05) is 19.6 Å². The molecule has 0 bridgehead atoms. The van der Waals surface area contributed by atoms with Gasteiger partial charge >= 0.3 is 0 Å². The number of piperidine rings is 1. The lowest BCUT2D eigenvalue weighted by molar-refractivity contribution is 0.217. The Labute approximate surface area is 98.5 Å². The first-order valence-electron chi connectivity index (χ1n) is 6.11. The molecule has 84 valence electrons. The van der Waals surface area contributed by atoms with Crippen LogP contribution in [0, 0.1) is 12.3 Å². The van der Waals surface area contributed by atoms with Crippen LogP contribution in [0.25, 0.3) is 0 Å². The number of hydrogen-bond donors (Lipinski definition) is 0. The predicted octanol–water partition coefficient (Wildman–Crippen LogP) is 2.89. The quantitative estimate of drug-likeness (QED) is 0.698. The van der Waals surface area contributed by atoms with Crippen molar-refractivity contribution >= 4 is 0 Å². The Balaban J connectivity index is 1.84. The molecule has 0 aromatic heterocycles. The Morgan fingerprint density at radius 2 is 1.88 bits per heavy atom. The van der Waals surface area contributed by atoms with Gasteiger partial charge in [-0.25, -0.2) is 0 Å². The Morgan fingerprint density at radius 3 is 2.50 bits per heavy atom. The van der Waals surface area contributed by atoms with Gasteiger partial charge in [-0.1, -0.05) is 30.3 Å². The highest BCUT2D eigenvalue weighted by Crippen LogP contribution is 2.27. The van der Waals surface area contributed by atoms with Gasteiger partial charge in [-0.05, 0) is 37.4 Å². The van der Waals surface area contributed by atoms with Gasteiger partial charge in [0, 0.05) is 13.0 Å². The van der Waals surface area contributed by atoms with Crippen molar-refractivity contribution in [3.05, 3.63) is 35.9 Å². The van der Waals surface area contributed by atoms with Crippen LogP contribution in [0.2, 0.25) is 0 Å². The summed E-state index contributed by atoms with van der Waals surface area (Å²) in [6.45, 7) is 3.46. The van der Waals surface area contributed by atoms with Crippen molar-refractivity contribution in [2.24, 2.45) is 0 Å². The molecule has 1 saturated heterocycles. The second kappa shape index (κ2) is 5.72. The maximum atomic E-state index is 5.29. The van der Waals surface area contributed by atoms with Gasteiger partial charge in [0.15, 0.2) is 0 Å². The van der Waals surface area contributed by atoms with Gasteiger partial charge < -0.3 is 4.90 Å². The molecule has 0 saturated carbocycles. The summed E-state index contributed by atoms with van der Waals surface area (Å²) in [7, 11) is 0. The second-order valence-corrected chi connectivity index (χ2v) is 4.48. The molecule has 1 aliphatic rings. The molecule has 1 aromatic rings. The number of likely N-dealkylation sites (tertiary alicyclic amines) is 1. The molecule has 1 heterocycles. The minimum absolute atomic E-state index is 0.753. The van der Waals surface area contributed by atoms with Crippen LogP contribution in [-0.2, 0) is 0 Å². The monoisotopic (exact) mass is 213 g/mol. The van der Waals surface area contributed by atoms with Gasteiger partial charge in [0.05, 0.1) is 0 Å². The van der Waals surface area contributed by atoms with Crippen LogP contribution in [-0.4, -0.2) is 24.5 Å². The zero-order valence-electron chi connectivity index (χ0n) is 9.73. The molecule has 0 N–H and O–H groups in total. The molecule has 1 heteroatoms. The van der Waals surface area contributed by atoms with Crippen LogP contribution in [0.3, 0.4) is 0 Å². The van der Waals surface area contributed by atoms with E-state index in [1.54, 1.807) is 0 Å². The van der Waals surface area contributed by atoms with Crippen LogP contribution in [0.1, 0.15) is 30.7 Å². The molecule has 0 radical (unpaired) electrons. The third-order valence-corrected chi connectivity index (χ3v) is 3.43. The lowest BCUT2D eigenvalue weighted by Crippen LogP contribution is -2.33. The number of terminal acetylenes is 1. The molecular weight excluding hydrogens is 194 g/mol. The lowest BCUT2D eigenvalue weighted by Gasteiger charge is -2.31. The van der Waals surface area contributed by atoms with E-state index in [-0.39, 0.29) is 0 Å². The van der Waals surface area contributed by atoms with Crippen LogP contribution in [0.5, 0.6) is 0 Å². The first-order valence-corrected chi connectivity index (χ1v) is 6.11. The molecule has 0 atom stereocenters. The molecule has 1 nitrogen and oxygen atoms in total. The third kappa shape index (κ3) is 2.87. The van der Waals surface area contributed by atoms with E-state index < -0.39 is 0 Å². The maximum absolute atomic E-state index is 5.29. The maximum Gasteiger partial charge on any atom is 0.0214 e. The topological polar surface area (TPSA) is 3.24 Å². The Kier molecular flexibility index (Phi) is 4.02. The SMILES string of the molecule is C#CCCN1CCC(c2ccccc2)CC1. The molecule has 0 unspecified atom stereocenters. The summed E-state index contributed by atoms with van der Waals surface area (Å²) in [6, 6.07) is 10.9. The lowest BCUT2D eigenvalue weighted by atomic mass is 9.89. The molecule has 1 fully saturated rings. The van der Waals surface area contributed by atoms with E-state index >= 15 is 0 Å². The van der Waals surface area contributed by atoms with E-state index in [0.29, 0.717) is 0 Å². The fourth-order valence-electron chi connectivity index (χ4n) is 2.44. The zero-order valence-corrected chi connectivity index (χ0v) is 9.73. The third-order valence-electron chi connectivity index (χ3n) is 3.43. The van der Waals surface area contributed by atoms with Crippen LogP contribution in [0.4, 0.5) is 0 Å². The number of hydrogen-bond acceptors (Lipinski definition) is 1. The van der Waals surface area contributed by atoms with E-state index in [2.05, 4.69) is 41.2 Å². The average molecular weight is 213 g/mol. The molecule has 0 amide bonds. The van der Waals surface area contributed by atoms with Crippen LogP contribution < -0.4 is 0 Å². The highest BCUT2D eigenvalue weighted by Gasteiger charge is 2.19. The van der Waals surface area contributed by atoms with E-state index in [9.17, 15) is 0 Å². The standard InChI is InChI=1S/C15H19N/c1-2-3-11-16-12-9-15(10-13-16)14-7-5-4-6-8-14/h1,4-8,15H,3,9-13H2. The van der Waals surface area contributed by atoms with E-state index in [0.717, 1.165) is 18.9 Å². The Bertz CT molecular complexity index is 341. The Morgan fingerprint density at radius 1 is 1.19 bits per heavy atom. The predicted molar refractivity (Wildman–Crippen MR) is 68.3 cm³/mol. The van der Waals surface area contributed by atoms with Crippen molar-refractivity contribution < 1.29 is 0 Å². The molecule has 16 heavy (non-hydrogen) atoms.